The summed E-state index contributed by atoms with van der Waals surface area (Å²) < 4.78 is 21.4. The lowest BCUT2D eigenvalue weighted by molar-refractivity contribution is -0.0103. The number of halogens is 1. The van der Waals surface area contributed by atoms with E-state index in [4.69, 9.17) is 18.9 Å². The third-order valence-electron chi connectivity index (χ3n) is 3.53. The number of alkyl halides is 1. The highest BCUT2D eigenvalue weighted by Crippen LogP contribution is 2.39. The van der Waals surface area contributed by atoms with Crippen LogP contribution in [0.3, 0.4) is 0 Å². The molecule has 0 unspecified atom stereocenters. The van der Waals surface area contributed by atoms with Gasteiger partial charge in [0.15, 0.2) is 0 Å². The lowest BCUT2D eigenvalue weighted by Gasteiger charge is -2.26. The minimum absolute atomic E-state index is 0.378. The molecule has 0 aromatic heterocycles. The van der Waals surface area contributed by atoms with E-state index in [1.165, 1.54) is 25.7 Å². The van der Waals surface area contributed by atoms with Gasteiger partial charge in [-0.3, -0.25) is 0 Å². The zero-order valence-electron chi connectivity index (χ0n) is 12.0. The van der Waals surface area contributed by atoms with E-state index >= 15 is 0 Å². The van der Waals surface area contributed by atoms with Gasteiger partial charge in [-0.1, -0.05) is 28.8 Å². The molecule has 0 aromatic rings. The van der Waals surface area contributed by atoms with Crippen molar-refractivity contribution < 1.29 is 18.9 Å². The first-order valence-corrected chi connectivity index (χ1v) is 8.23. The number of rotatable bonds is 12. The second-order valence-electron chi connectivity index (χ2n) is 5.11. The first kappa shape index (κ1) is 17.4. The molecule has 5 heteroatoms. The average molecular weight is 339 g/mol. The summed E-state index contributed by atoms with van der Waals surface area (Å²) in [5.41, 5.74) is 0.378. The van der Waals surface area contributed by atoms with E-state index in [1.807, 2.05) is 0 Å². The van der Waals surface area contributed by atoms with Crippen molar-refractivity contribution in [3.05, 3.63) is 0 Å². The maximum absolute atomic E-state index is 5.74. The zero-order chi connectivity index (χ0) is 13.8. The molecule has 0 spiro atoms. The van der Waals surface area contributed by atoms with Crippen molar-refractivity contribution in [2.45, 2.75) is 25.7 Å². The Kier molecular flexibility index (Phi) is 10.1. The van der Waals surface area contributed by atoms with Crippen LogP contribution in [0.15, 0.2) is 0 Å². The van der Waals surface area contributed by atoms with E-state index in [-0.39, 0.29) is 0 Å². The number of methoxy groups -OCH3 is 1. The molecule has 4 nitrogen and oxygen atoms in total. The highest BCUT2D eigenvalue weighted by Gasteiger charge is 2.32. The highest BCUT2D eigenvalue weighted by atomic mass is 79.9. The third-order valence-corrected chi connectivity index (χ3v) is 4.72. The molecule has 0 bridgehead atoms. The van der Waals surface area contributed by atoms with Gasteiger partial charge in [0.1, 0.15) is 0 Å². The summed E-state index contributed by atoms with van der Waals surface area (Å²) in [7, 11) is 1.67. The van der Waals surface area contributed by atoms with Gasteiger partial charge in [0.05, 0.1) is 46.2 Å². The van der Waals surface area contributed by atoms with Crippen LogP contribution in [0.1, 0.15) is 25.7 Å². The Hall–Kier alpha value is 0.320. The van der Waals surface area contributed by atoms with Gasteiger partial charge in [0, 0.05) is 17.9 Å². The number of hydrogen-bond acceptors (Lipinski definition) is 4. The molecule has 0 amide bonds. The topological polar surface area (TPSA) is 36.9 Å². The molecular formula is C14H27BrO4. The molecule has 0 atom stereocenters. The number of ether oxygens (including phenoxy) is 4. The predicted molar refractivity (Wildman–Crippen MR) is 79.0 cm³/mol. The van der Waals surface area contributed by atoms with E-state index in [9.17, 15) is 0 Å². The predicted octanol–water partition coefficient (Wildman–Crippen LogP) is 2.64. The fraction of sp³-hybridized carbons (Fsp3) is 1.00. The molecule has 1 fully saturated rings. The lowest BCUT2D eigenvalue weighted by atomic mass is 9.90. The molecule has 0 aromatic carbocycles. The number of hydrogen-bond donors (Lipinski definition) is 0. The van der Waals surface area contributed by atoms with E-state index in [0.29, 0.717) is 45.1 Å². The Morgan fingerprint density at radius 3 is 1.89 bits per heavy atom. The quantitative estimate of drug-likeness (QED) is 0.405. The van der Waals surface area contributed by atoms with Crippen LogP contribution < -0.4 is 0 Å². The van der Waals surface area contributed by atoms with Crippen LogP contribution in [0, 0.1) is 5.41 Å². The summed E-state index contributed by atoms with van der Waals surface area (Å²) in [6.45, 7) is 4.68. The van der Waals surface area contributed by atoms with Crippen molar-refractivity contribution in [3.63, 3.8) is 0 Å². The van der Waals surface area contributed by atoms with Crippen LogP contribution in [0.2, 0.25) is 0 Å². The highest BCUT2D eigenvalue weighted by molar-refractivity contribution is 9.09. The second-order valence-corrected chi connectivity index (χ2v) is 5.67. The van der Waals surface area contributed by atoms with Crippen LogP contribution in [0.4, 0.5) is 0 Å². The second kappa shape index (κ2) is 11.0. The van der Waals surface area contributed by atoms with Gasteiger partial charge in [0.25, 0.3) is 0 Å². The van der Waals surface area contributed by atoms with Gasteiger partial charge in [-0.2, -0.15) is 0 Å². The van der Waals surface area contributed by atoms with Crippen molar-refractivity contribution >= 4 is 15.9 Å². The molecule has 1 rings (SSSR count). The molecule has 0 aliphatic heterocycles. The molecule has 114 valence electrons. The van der Waals surface area contributed by atoms with Crippen molar-refractivity contribution in [3.8, 4) is 0 Å². The average Bonchev–Trinajstić information content (AvgIpc) is 2.90. The summed E-state index contributed by atoms with van der Waals surface area (Å²) in [5.74, 6) is 0. The van der Waals surface area contributed by atoms with E-state index in [2.05, 4.69) is 15.9 Å². The smallest absolute Gasteiger partial charge is 0.0701 e. The van der Waals surface area contributed by atoms with Crippen LogP contribution in [-0.2, 0) is 18.9 Å². The molecular weight excluding hydrogens is 312 g/mol. The Morgan fingerprint density at radius 1 is 0.842 bits per heavy atom. The first-order valence-electron chi connectivity index (χ1n) is 7.11. The minimum Gasteiger partial charge on any atom is -0.382 e. The fourth-order valence-electron chi connectivity index (χ4n) is 2.31. The van der Waals surface area contributed by atoms with Gasteiger partial charge in [-0.15, -0.1) is 0 Å². The Labute approximate surface area is 125 Å². The molecule has 0 radical (unpaired) electrons. The van der Waals surface area contributed by atoms with E-state index in [0.717, 1.165) is 11.9 Å². The van der Waals surface area contributed by atoms with E-state index in [1.54, 1.807) is 7.11 Å². The SMILES string of the molecule is COCCOCCOCCOCC1(CBr)CCCC1. The molecule has 0 heterocycles. The molecule has 0 saturated heterocycles. The third kappa shape index (κ3) is 7.61. The van der Waals surface area contributed by atoms with Crippen LogP contribution in [-0.4, -0.2) is 58.7 Å². The maximum atomic E-state index is 5.74. The van der Waals surface area contributed by atoms with Crippen molar-refractivity contribution in [1.29, 1.82) is 0 Å². The Bertz CT molecular complexity index is 208. The van der Waals surface area contributed by atoms with Gasteiger partial charge >= 0.3 is 0 Å². The first-order chi connectivity index (χ1) is 9.33. The Balaban J connectivity index is 1.85. The maximum Gasteiger partial charge on any atom is 0.0701 e. The van der Waals surface area contributed by atoms with Crippen LogP contribution >= 0.6 is 15.9 Å². The summed E-state index contributed by atoms with van der Waals surface area (Å²) in [6, 6.07) is 0. The minimum atomic E-state index is 0.378. The van der Waals surface area contributed by atoms with Gasteiger partial charge in [-0.25, -0.2) is 0 Å². The molecule has 1 aliphatic rings. The molecule has 19 heavy (non-hydrogen) atoms. The largest absolute Gasteiger partial charge is 0.382 e. The lowest BCUT2D eigenvalue weighted by Crippen LogP contribution is -2.26. The molecule has 0 N–H and O–H groups in total. The van der Waals surface area contributed by atoms with Gasteiger partial charge in [-0.05, 0) is 12.8 Å². The summed E-state index contributed by atoms with van der Waals surface area (Å²) in [6.07, 6.45) is 5.24. The summed E-state index contributed by atoms with van der Waals surface area (Å²) in [4.78, 5) is 0. The van der Waals surface area contributed by atoms with E-state index < -0.39 is 0 Å². The fourth-order valence-corrected chi connectivity index (χ4v) is 3.03. The monoisotopic (exact) mass is 338 g/mol. The van der Waals surface area contributed by atoms with Gasteiger partial charge < -0.3 is 18.9 Å². The summed E-state index contributed by atoms with van der Waals surface area (Å²) >= 11 is 3.62. The van der Waals surface area contributed by atoms with Crippen molar-refractivity contribution in [2.75, 3.05) is 58.7 Å². The molecule has 1 aliphatic carbocycles. The standard InChI is InChI=1S/C14H27BrO4/c1-16-6-7-17-8-9-18-10-11-19-13-14(12-15)4-2-3-5-14/h2-13H2,1H3. The molecule has 1 saturated carbocycles. The zero-order valence-corrected chi connectivity index (χ0v) is 13.6. The Morgan fingerprint density at radius 2 is 1.37 bits per heavy atom. The normalized spacial score (nSPS) is 18.0. The van der Waals surface area contributed by atoms with Crippen molar-refractivity contribution in [1.82, 2.24) is 0 Å². The van der Waals surface area contributed by atoms with Crippen LogP contribution in [0.5, 0.6) is 0 Å². The summed E-state index contributed by atoms with van der Waals surface area (Å²) in [5, 5.41) is 1.05. The van der Waals surface area contributed by atoms with Gasteiger partial charge in [0.2, 0.25) is 0 Å². The van der Waals surface area contributed by atoms with Crippen LogP contribution in [0.25, 0.3) is 0 Å². The van der Waals surface area contributed by atoms with Crippen molar-refractivity contribution in [2.24, 2.45) is 5.41 Å².